The number of nitrogens with zero attached hydrogens (tertiary/aromatic N) is 5. The van der Waals surface area contributed by atoms with Crippen LogP contribution < -0.4 is 0 Å². The van der Waals surface area contributed by atoms with Gasteiger partial charge in [0.2, 0.25) is 0 Å². The molecule has 1 fully saturated rings. The second kappa shape index (κ2) is 7.19. The van der Waals surface area contributed by atoms with Crippen LogP contribution >= 0.6 is 0 Å². The first-order chi connectivity index (χ1) is 12.3. The van der Waals surface area contributed by atoms with Gasteiger partial charge in [0, 0.05) is 36.7 Å². The minimum Gasteiger partial charge on any atom is -0.371 e. The summed E-state index contributed by atoms with van der Waals surface area (Å²) in [5.74, 6) is 0.856. The maximum Gasteiger partial charge on any atom is 0.165 e. The molecule has 0 bridgehead atoms. The van der Waals surface area contributed by atoms with Crippen molar-refractivity contribution in [3.05, 3.63) is 42.4 Å². The van der Waals surface area contributed by atoms with Gasteiger partial charge < -0.3 is 9.64 Å². The highest BCUT2D eigenvalue weighted by Gasteiger charge is 2.20. The van der Waals surface area contributed by atoms with Gasteiger partial charge >= 0.3 is 0 Å². The zero-order valence-corrected chi connectivity index (χ0v) is 14.5. The Morgan fingerprint density at radius 1 is 1.16 bits per heavy atom. The number of rotatable bonds is 4. The lowest BCUT2D eigenvalue weighted by molar-refractivity contribution is -0.0311. The van der Waals surface area contributed by atoms with Crippen molar-refractivity contribution < 1.29 is 4.74 Å². The van der Waals surface area contributed by atoms with Crippen molar-refractivity contribution in [3.63, 3.8) is 0 Å². The Bertz CT molecular complexity index is 771. The summed E-state index contributed by atoms with van der Waals surface area (Å²) in [7, 11) is 0. The third kappa shape index (κ3) is 3.35. The Kier molecular flexibility index (Phi) is 4.61. The molecule has 0 aliphatic carbocycles. The van der Waals surface area contributed by atoms with Gasteiger partial charge in [-0.05, 0) is 26.2 Å². The molecule has 2 aliphatic rings. The van der Waals surface area contributed by atoms with Gasteiger partial charge in [-0.15, -0.1) is 10.2 Å². The van der Waals surface area contributed by atoms with E-state index in [1.165, 1.54) is 6.42 Å². The molecule has 6 heteroatoms. The van der Waals surface area contributed by atoms with Gasteiger partial charge in [-0.25, -0.2) is 0 Å². The molecule has 1 saturated heterocycles. The van der Waals surface area contributed by atoms with E-state index in [4.69, 9.17) is 4.74 Å². The van der Waals surface area contributed by atoms with Gasteiger partial charge in [0.15, 0.2) is 5.82 Å². The minimum atomic E-state index is 0.0437. The fourth-order valence-corrected chi connectivity index (χ4v) is 3.27. The van der Waals surface area contributed by atoms with Crippen LogP contribution in [0.4, 0.5) is 0 Å². The second-order valence-electron chi connectivity index (χ2n) is 6.37. The average molecular weight is 337 g/mol. The summed E-state index contributed by atoms with van der Waals surface area (Å²) >= 11 is 0. The largest absolute Gasteiger partial charge is 0.371 e. The van der Waals surface area contributed by atoms with E-state index in [9.17, 15) is 0 Å². The smallest absolute Gasteiger partial charge is 0.165 e. The number of ether oxygens (including phenoxy) is 1. The zero-order valence-electron chi connectivity index (χ0n) is 14.5. The lowest BCUT2D eigenvalue weighted by atomic mass is 10.1. The fourth-order valence-electron chi connectivity index (χ4n) is 3.27. The molecule has 0 radical (unpaired) electrons. The molecular weight excluding hydrogens is 314 g/mol. The highest BCUT2D eigenvalue weighted by atomic mass is 16.5. The van der Waals surface area contributed by atoms with Gasteiger partial charge in [-0.2, -0.15) is 0 Å². The standard InChI is InChI=1S/C19H23N5O/c1-2-23-11-10-20-17(13-23)15-6-8-16(9-7-15)19-22-21-14-24(19)18-5-3-4-12-25-18/h6-10,13-14,18H,2-5,11-12H2,1H3. The lowest BCUT2D eigenvalue weighted by Crippen LogP contribution is -2.21. The molecule has 2 aromatic rings. The maximum atomic E-state index is 5.88. The SMILES string of the molecule is CCN1C=C(c2ccc(-c3nncn3C3CCCCO3)cc2)N=CC1. The highest BCUT2D eigenvalue weighted by molar-refractivity contribution is 5.77. The monoisotopic (exact) mass is 337 g/mol. The van der Waals surface area contributed by atoms with Crippen molar-refractivity contribution in [2.24, 2.45) is 4.99 Å². The topological polar surface area (TPSA) is 55.5 Å². The van der Waals surface area contributed by atoms with Crippen molar-refractivity contribution in [1.29, 1.82) is 0 Å². The number of hydrogen-bond donors (Lipinski definition) is 0. The van der Waals surface area contributed by atoms with E-state index < -0.39 is 0 Å². The van der Waals surface area contributed by atoms with Crippen LogP contribution in [0.5, 0.6) is 0 Å². The van der Waals surface area contributed by atoms with Crippen LogP contribution in [0.25, 0.3) is 17.1 Å². The van der Waals surface area contributed by atoms with Crippen molar-refractivity contribution in [3.8, 4) is 11.4 Å². The van der Waals surface area contributed by atoms with Crippen molar-refractivity contribution in [2.45, 2.75) is 32.4 Å². The van der Waals surface area contributed by atoms with E-state index >= 15 is 0 Å². The number of benzene rings is 1. The molecule has 0 amide bonds. The zero-order chi connectivity index (χ0) is 17.1. The molecular formula is C19H23N5O. The lowest BCUT2D eigenvalue weighted by Gasteiger charge is -2.24. The molecule has 1 atom stereocenters. The van der Waals surface area contributed by atoms with Crippen molar-refractivity contribution in [2.75, 3.05) is 19.7 Å². The maximum absolute atomic E-state index is 5.88. The van der Waals surface area contributed by atoms with Gasteiger partial charge in [0.1, 0.15) is 12.6 Å². The molecule has 1 aromatic carbocycles. The van der Waals surface area contributed by atoms with Crippen LogP contribution in [0.2, 0.25) is 0 Å². The number of aromatic nitrogens is 3. The predicted molar refractivity (Wildman–Crippen MR) is 98.0 cm³/mol. The highest BCUT2D eigenvalue weighted by Crippen LogP contribution is 2.28. The van der Waals surface area contributed by atoms with Gasteiger partial charge in [-0.1, -0.05) is 24.3 Å². The molecule has 1 aromatic heterocycles. The van der Waals surface area contributed by atoms with E-state index in [0.29, 0.717) is 0 Å². The molecule has 4 rings (SSSR count). The Hall–Kier alpha value is -2.47. The second-order valence-corrected chi connectivity index (χ2v) is 6.37. The van der Waals surface area contributed by atoms with Crippen LogP contribution in [0, 0.1) is 0 Å². The first kappa shape index (κ1) is 16.0. The van der Waals surface area contributed by atoms with E-state index in [2.05, 4.69) is 57.5 Å². The van der Waals surface area contributed by atoms with Crippen molar-refractivity contribution in [1.82, 2.24) is 19.7 Å². The Labute approximate surface area is 147 Å². The molecule has 3 heterocycles. The van der Waals surface area contributed by atoms with Gasteiger partial charge in [0.05, 0.1) is 12.2 Å². The predicted octanol–water partition coefficient (Wildman–Crippen LogP) is 3.35. The van der Waals surface area contributed by atoms with Gasteiger partial charge in [-0.3, -0.25) is 9.56 Å². The normalized spacial score (nSPS) is 20.6. The molecule has 0 saturated carbocycles. The average Bonchev–Trinajstić information content (AvgIpc) is 3.19. The van der Waals surface area contributed by atoms with E-state index in [0.717, 1.165) is 55.2 Å². The summed E-state index contributed by atoms with van der Waals surface area (Å²) in [6, 6.07) is 8.36. The molecule has 6 nitrogen and oxygen atoms in total. The minimum absolute atomic E-state index is 0.0437. The van der Waals surface area contributed by atoms with Crippen LogP contribution in [-0.2, 0) is 4.74 Å². The Balaban J connectivity index is 1.58. The molecule has 2 aliphatic heterocycles. The molecule has 1 unspecified atom stereocenters. The third-order valence-corrected chi connectivity index (χ3v) is 4.74. The van der Waals surface area contributed by atoms with E-state index in [-0.39, 0.29) is 6.23 Å². The number of aliphatic imine (C=N–C) groups is 1. The molecule has 0 N–H and O–H groups in total. The van der Waals surface area contributed by atoms with Crippen LogP contribution in [-0.4, -0.2) is 45.6 Å². The summed E-state index contributed by atoms with van der Waals surface area (Å²) in [5.41, 5.74) is 3.15. The van der Waals surface area contributed by atoms with Gasteiger partial charge in [0.25, 0.3) is 0 Å². The van der Waals surface area contributed by atoms with E-state index in [1.54, 1.807) is 6.33 Å². The molecule has 25 heavy (non-hydrogen) atoms. The first-order valence-corrected chi connectivity index (χ1v) is 8.95. The summed E-state index contributed by atoms with van der Waals surface area (Å²) in [4.78, 5) is 6.77. The van der Waals surface area contributed by atoms with Crippen molar-refractivity contribution >= 4 is 11.9 Å². The van der Waals surface area contributed by atoms with Crippen LogP contribution in [0.15, 0.2) is 41.8 Å². The summed E-state index contributed by atoms with van der Waals surface area (Å²) in [5, 5.41) is 8.41. The Morgan fingerprint density at radius 2 is 2.00 bits per heavy atom. The third-order valence-electron chi connectivity index (χ3n) is 4.74. The number of hydrogen-bond acceptors (Lipinski definition) is 5. The first-order valence-electron chi connectivity index (χ1n) is 8.95. The Morgan fingerprint density at radius 3 is 2.76 bits per heavy atom. The molecule has 130 valence electrons. The van der Waals surface area contributed by atoms with Crippen LogP contribution in [0.3, 0.4) is 0 Å². The molecule has 0 spiro atoms. The van der Waals surface area contributed by atoms with E-state index in [1.807, 2.05) is 10.8 Å². The fraction of sp³-hybridized carbons (Fsp3) is 0.421. The quantitative estimate of drug-likeness (QED) is 0.858. The summed E-state index contributed by atoms with van der Waals surface area (Å²) < 4.78 is 7.92. The van der Waals surface area contributed by atoms with Crippen LogP contribution in [0.1, 0.15) is 38.0 Å². The summed E-state index contributed by atoms with van der Waals surface area (Å²) in [6.07, 6.45) is 9.22. The summed E-state index contributed by atoms with van der Waals surface area (Å²) in [6.45, 7) is 4.82.